The van der Waals surface area contributed by atoms with Gasteiger partial charge in [-0.15, -0.1) is 0 Å². The number of rotatable bonds is 26. The van der Waals surface area contributed by atoms with Gasteiger partial charge in [0.2, 0.25) is 53.2 Å². The third-order valence-corrected chi connectivity index (χ3v) is 14.1. The molecule has 10 N–H and O–H groups in total. The predicted molar refractivity (Wildman–Crippen MR) is 280 cm³/mol. The molecule has 21 nitrogen and oxygen atoms in total. The van der Waals surface area contributed by atoms with Crippen LogP contribution < -0.4 is 32.3 Å². The van der Waals surface area contributed by atoms with Crippen molar-refractivity contribution in [3.8, 4) is 22.6 Å². The van der Waals surface area contributed by atoms with E-state index >= 15 is 0 Å². The Morgan fingerprint density at radius 2 is 1.35 bits per heavy atom. The zero-order valence-corrected chi connectivity index (χ0v) is 44.6. The van der Waals surface area contributed by atoms with E-state index in [1.807, 2.05) is 0 Å². The van der Waals surface area contributed by atoms with Crippen molar-refractivity contribution in [1.82, 2.24) is 41.3 Å². The van der Waals surface area contributed by atoms with Gasteiger partial charge in [0.15, 0.2) is 0 Å². The largest absolute Gasteiger partial charge is 0.507 e. The Kier molecular flexibility index (Phi) is 24.3. The third kappa shape index (κ3) is 17.7. The first-order valence-electron chi connectivity index (χ1n) is 26.6. The molecule has 9 amide bonds. The number of aliphatic hydroxyl groups excluding tert-OH is 1. The highest BCUT2D eigenvalue weighted by molar-refractivity contribution is 5.98. The number of aliphatic hydroxyl groups is 1. The molecule has 414 valence electrons. The SMILES string of the molecule is CCCCCCCCCCCCCCCC(=O)N(C)[C@H](CO)C(=O)N[C@H](C)C(=O)NCC(=O)N(C)[C@@H]1C(=O)N[C@@H](C)C(=O)N[C@H](C(=O)N[C@@H](C)C(=O)N2CCCC2C(N)=O)Cc2ccc(O)c(c2)-c2cc1ccc2O. The maximum atomic E-state index is 14.3. The number of likely N-dealkylation sites (N-methyl/N-ethyl adjacent to an activating group) is 2. The van der Waals surface area contributed by atoms with E-state index in [1.54, 1.807) is 0 Å². The van der Waals surface area contributed by atoms with E-state index in [0.29, 0.717) is 24.8 Å². The van der Waals surface area contributed by atoms with Crippen LogP contribution in [0.2, 0.25) is 0 Å². The molecule has 21 heteroatoms. The summed E-state index contributed by atoms with van der Waals surface area (Å²) in [6, 6.07) is -0.376. The molecule has 7 atom stereocenters. The summed E-state index contributed by atoms with van der Waals surface area (Å²) in [5.74, 6) is -7.03. The van der Waals surface area contributed by atoms with Gasteiger partial charge in [-0.25, -0.2) is 0 Å². The number of phenols is 2. The lowest BCUT2D eigenvalue weighted by molar-refractivity contribution is -0.142. The van der Waals surface area contributed by atoms with Crippen molar-refractivity contribution in [3.05, 3.63) is 47.5 Å². The van der Waals surface area contributed by atoms with Gasteiger partial charge in [-0.1, -0.05) is 96.1 Å². The molecule has 0 spiro atoms. The number of likely N-dealkylation sites (tertiary alicyclic amines) is 1. The van der Waals surface area contributed by atoms with Crippen molar-refractivity contribution in [1.29, 1.82) is 0 Å². The average molecular weight is 1050 g/mol. The Bertz CT molecular complexity index is 2330. The molecule has 4 bridgehead atoms. The standard InChI is InChI=1S/C54H81N9O12/c1-7-8-9-10-11-12-13-14-15-16-17-18-19-22-45(67)61(5)42(32-64)52(73)57-33(2)49(70)56-31-46(68)62(6)47-37-24-26-44(66)39(30-37)38-28-36(23-25-43(38)65)29-40(60-50(71)34(3)58-53(47)74)51(72)59-35(4)54(75)63-27-20-21-41(63)48(55)69/h23-26,28,30,33-35,40-42,47,64-66H,7-22,27,29,31-32H2,1-6H3,(H2,55,69)(H,56,70)(H,57,73)(H,58,74)(H,59,72)(H,60,71)/t33-,34+,35+,40+,41?,42-,47+/m1/s1. The van der Waals surface area contributed by atoms with Crippen molar-refractivity contribution in [2.24, 2.45) is 5.73 Å². The summed E-state index contributed by atoms with van der Waals surface area (Å²) < 4.78 is 0. The topological polar surface area (TPSA) is 310 Å². The number of unbranched alkanes of at least 4 members (excludes halogenated alkanes) is 12. The first kappa shape index (κ1) is 60.8. The number of nitrogens with two attached hydrogens (primary N) is 1. The summed E-state index contributed by atoms with van der Waals surface area (Å²) in [6.07, 6.45) is 15.9. The van der Waals surface area contributed by atoms with Crippen LogP contribution in [-0.2, 0) is 49.6 Å². The number of benzene rings is 2. The van der Waals surface area contributed by atoms with Crippen LogP contribution in [0.4, 0.5) is 0 Å². The van der Waals surface area contributed by atoms with Crippen LogP contribution in [0.3, 0.4) is 0 Å². The second-order valence-corrected chi connectivity index (χ2v) is 20.0. The second kappa shape index (κ2) is 29.9. The van der Waals surface area contributed by atoms with Crippen LogP contribution >= 0.6 is 0 Å². The number of carbonyl (C=O) groups is 9. The number of primary amides is 1. The van der Waals surface area contributed by atoms with E-state index < -0.39 is 103 Å². The normalized spacial score (nSPS) is 18.8. The Morgan fingerprint density at radius 1 is 0.760 bits per heavy atom. The van der Waals surface area contributed by atoms with E-state index in [2.05, 4.69) is 33.5 Å². The Balaban J connectivity index is 1.39. The molecule has 2 aromatic carbocycles. The highest BCUT2D eigenvalue weighted by atomic mass is 16.3. The summed E-state index contributed by atoms with van der Waals surface area (Å²) >= 11 is 0. The minimum Gasteiger partial charge on any atom is -0.507 e. The fraction of sp³-hybridized carbons (Fsp3) is 0.611. The monoisotopic (exact) mass is 1050 g/mol. The van der Waals surface area contributed by atoms with Crippen molar-refractivity contribution >= 4 is 53.2 Å². The van der Waals surface area contributed by atoms with Gasteiger partial charge in [0.25, 0.3) is 0 Å². The fourth-order valence-corrected chi connectivity index (χ4v) is 9.45. The van der Waals surface area contributed by atoms with Gasteiger partial charge in [0.1, 0.15) is 53.8 Å². The van der Waals surface area contributed by atoms with Crippen molar-refractivity contribution in [3.63, 3.8) is 0 Å². The molecule has 4 rings (SSSR count). The number of hydrogen-bond donors (Lipinski definition) is 9. The van der Waals surface area contributed by atoms with E-state index in [9.17, 15) is 58.5 Å². The first-order valence-corrected chi connectivity index (χ1v) is 26.6. The lowest BCUT2D eigenvalue weighted by atomic mass is 9.93. The molecule has 0 aliphatic carbocycles. The molecular formula is C54H81N9O12. The molecule has 2 aromatic rings. The molecule has 2 heterocycles. The van der Waals surface area contributed by atoms with Crippen LogP contribution in [0, 0.1) is 0 Å². The molecule has 2 aliphatic rings. The summed E-state index contributed by atoms with van der Waals surface area (Å²) in [7, 11) is 2.69. The van der Waals surface area contributed by atoms with Gasteiger partial charge in [-0.2, -0.15) is 0 Å². The van der Waals surface area contributed by atoms with Gasteiger partial charge in [0.05, 0.1) is 13.2 Å². The van der Waals surface area contributed by atoms with Gasteiger partial charge in [0, 0.05) is 44.6 Å². The minimum absolute atomic E-state index is 0.0421. The van der Waals surface area contributed by atoms with Crippen LogP contribution in [-0.4, -0.2) is 153 Å². The van der Waals surface area contributed by atoms with Gasteiger partial charge >= 0.3 is 0 Å². The maximum Gasteiger partial charge on any atom is 0.248 e. The molecule has 1 unspecified atom stereocenters. The summed E-state index contributed by atoms with van der Waals surface area (Å²) in [5.41, 5.74) is 6.16. The number of aromatic hydroxyl groups is 2. The second-order valence-electron chi connectivity index (χ2n) is 20.0. The van der Waals surface area contributed by atoms with Crippen LogP contribution in [0.1, 0.15) is 148 Å². The van der Waals surface area contributed by atoms with Gasteiger partial charge < -0.3 is 62.3 Å². The number of carbonyl (C=O) groups excluding carboxylic acids is 9. The number of amides is 9. The number of fused-ring (bicyclic) bond motifs is 5. The van der Waals surface area contributed by atoms with Crippen molar-refractivity contribution in [2.45, 2.75) is 179 Å². The maximum absolute atomic E-state index is 14.3. The lowest BCUT2D eigenvalue weighted by Gasteiger charge is -2.30. The molecule has 75 heavy (non-hydrogen) atoms. The van der Waals surface area contributed by atoms with Crippen LogP contribution in [0.5, 0.6) is 11.5 Å². The smallest absolute Gasteiger partial charge is 0.248 e. The Morgan fingerprint density at radius 3 is 1.95 bits per heavy atom. The summed E-state index contributed by atoms with van der Waals surface area (Å²) in [4.78, 5) is 124. The Hall–Kier alpha value is -6.77. The number of nitrogens with one attached hydrogen (secondary N) is 5. The molecule has 2 aliphatic heterocycles. The quantitative estimate of drug-likeness (QED) is 0.0615. The average Bonchev–Trinajstić information content (AvgIpc) is 3.88. The van der Waals surface area contributed by atoms with Crippen molar-refractivity contribution < 1.29 is 58.5 Å². The lowest BCUT2D eigenvalue weighted by Crippen LogP contribution is -2.58. The summed E-state index contributed by atoms with van der Waals surface area (Å²) in [5, 5.41) is 45.0. The minimum atomic E-state index is -1.52. The Labute approximate surface area is 440 Å². The predicted octanol–water partition coefficient (Wildman–Crippen LogP) is 2.71. The van der Waals surface area contributed by atoms with Gasteiger partial charge in [-0.05, 0) is 75.4 Å². The van der Waals surface area contributed by atoms with E-state index in [-0.39, 0.29) is 53.5 Å². The number of hydrogen-bond acceptors (Lipinski definition) is 12. The van der Waals surface area contributed by atoms with Gasteiger partial charge in [-0.3, -0.25) is 43.2 Å². The number of phenolic OH excluding ortho intramolecular Hbond substituents is 2. The molecule has 0 saturated carbocycles. The molecule has 0 radical (unpaired) electrons. The molecular weight excluding hydrogens is 967 g/mol. The van der Waals surface area contributed by atoms with E-state index in [1.165, 1.54) is 128 Å². The van der Waals surface area contributed by atoms with Crippen LogP contribution in [0.15, 0.2) is 36.4 Å². The van der Waals surface area contributed by atoms with Crippen LogP contribution in [0.25, 0.3) is 11.1 Å². The summed E-state index contributed by atoms with van der Waals surface area (Å²) in [6.45, 7) is 5.24. The molecule has 1 fully saturated rings. The molecule has 1 saturated heterocycles. The number of nitrogens with zero attached hydrogens (tertiary/aromatic N) is 3. The first-order chi connectivity index (χ1) is 35.7. The van der Waals surface area contributed by atoms with Crippen molar-refractivity contribution in [2.75, 3.05) is 33.8 Å². The van der Waals surface area contributed by atoms with E-state index in [4.69, 9.17) is 5.73 Å². The fourth-order valence-electron chi connectivity index (χ4n) is 9.45. The third-order valence-electron chi connectivity index (χ3n) is 14.1. The van der Waals surface area contributed by atoms with E-state index in [0.717, 1.165) is 35.5 Å². The molecule has 0 aromatic heterocycles. The highest BCUT2D eigenvalue weighted by Gasteiger charge is 2.38. The highest BCUT2D eigenvalue weighted by Crippen LogP contribution is 2.39. The zero-order valence-electron chi connectivity index (χ0n) is 44.6. The zero-order chi connectivity index (χ0) is 55.4.